The second-order valence-corrected chi connectivity index (χ2v) is 7.35. The van der Waals surface area contributed by atoms with Crippen LogP contribution in [-0.2, 0) is 18.3 Å². The molecule has 21 heavy (non-hydrogen) atoms. The highest BCUT2D eigenvalue weighted by molar-refractivity contribution is 7.09. The molecule has 0 amide bonds. The molecule has 0 bridgehead atoms. The van der Waals surface area contributed by atoms with Crippen LogP contribution < -0.4 is 0 Å². The van der Waals surface area contributed by atoms with E-state index in [-0.39, 0.29) is 5.41 Å². The van der Waals surface area contributed by atoms with E-state index in [9.17, 15) is 0 Å². The van der Waals surface area contributed by atoms with Crippen LogP contribution >= 0.6 is 11.3 Å². The standard InChI is InChI=1S/C18H20N2S/c1-18(2,3)17-13(6-7-16-20-10-11-21-16)4-5-14-12-19-9-8-15(14)17/h4-5,8-12H,6-7H2,1-3H3. The van der Waals surface area contributed by atoms with Crippen LogP contribution in [0.4, 0.5) is 0 Å². The number of thiazole rings is 1. The van der Waals surface area contributed by atoms with Crippen LogP contribution in [0, 0.1) is 0 Å². The van der Waals surface area contributed by atoms with Gasteiger partial charge in [-0.05, 0) is 34.4 Å². The highest BCUT2D eigenvalue weighted by Gasteiger charge is 2.20. The molecule has 3 rings (SSSR count). The number of rotatable bonds is 3. The first-order valence-corrected chi connectivity index (χ1v) is 8.18. The van der Waals surface area contributed by atoms with Gasteiger partial charge in [0.25, 0.3) is 0 Å². The lowest BCUT2D eigenvalue weighted by molar-refractivity contribution is 0.587. The van der Waals surface area contributed by atoms with Crippen LogP contribution in [0.3, 0.4) is 0 Å². The third kappa shape index (κ3) is 2.98. The topological polar surface area (TPSA) is 25.8 Å². The fourth-order valence-corrected chi connectivity index (χ4v) is 3.55. The first-order valence-electron chi connectivity index (χ1n) is 7.30. The molecule has 1 aromatic carbocycles. The lowest BCUT2D eigenvalue weighted by Crippen LogP contribution is -2.15. The van der Waals surface area contributed by atoms with E-state index in [1.165, 1.54) is 26.9 Å². The van der Waals surface area contributed by atoms with E-state index in [2.05, 4.69) is 48.9 Å². The SMILES string of the molecule is CC(C)(C)c1c(CCc2nccs2)ccc2cnccc12. The van der Waals surface area contributed by atoms with Gasteiger partial charge in [-0.25, -0.2) is 4.98 Å². The number of benzene rings is 1. The predicted octanol–water partition coefficient (Wildman–Crippen LogP) is 4.77. The molecule has 0 aliphatic rings. The summed E-state index contributed by atoms with van der Waals surface area (Å²) in [5.41, 5.74) is 2.99. The summed E-state index contributed by atoms with van der Waals surface area (Å²) in [7, 11) is 0. The van der Waals surface area contributed by atoms with Crippen LogP contribution in [0.1, 0.15) is 36.9 Å². The van der Waals surface area contributed by atoms with Crippen molar-refractivity contribution in [3.05, 3.63) is 58.3 Å². The molecule has 0 atom stereocenters. The van der Waals surface area contributed by atoms with Gasteiger partial charge < -0.3 is 0 Å². The number of nitrogens with zero attached hydrogens (tertiary/aromatic N) is 2. The first-order chi connectivity index (χ1) is 10.1. The Morgan fingerprint density at radius 2 is 1.90 bits per heavy atom. The number of aromatic nitrogens is 2. The molecule has 0 fully saturated rings. The molecule has 3 aromatic rings. The third-order valence-electron chi connectivity index (χ3n) is 3.75. The average Bonchev–Trinajstić information content (AvgIpc) is 2.96. The number of hydrogen-bond donors (Lipinski definition) is 0. The Balaban J connectivity index is 2.05. The van der Waals surface area contributed by atoms with Gasteiger partial charge >= 0.3 is 0 Å². The molecule has 0 aliphatic heterocycles. The van der Waals surface area contributed by atoms with Crippen LogP contribution in [0.5, 0.6) is 0 Å². The Kier molecular flexibility index (Phi) is 3.77. The summed E-state index contributed by atoms with van der Waals surface area (Å²) in [6.45, 7) is 6.86. The van der Waals surface area contributed by atoms with Crippen LogP contribution in [-0.4, -0.2) is 9.97 Å². The fourth-order valence-electron chi connectivity index (χ4n) is 2.93. The second kappa shape index (κ2) is 5.57. The third-order valence-corrected chi connectivity index (χ3v) is 4.59. The average molecular weight is 296 g/mol. The van der Waals surface area contributed by atoms with E-state index < -0.39 is 0 Å². The molecule has 2 heterocycles. The monoisotopic (exact) mass is 296 g/mol. The zero-order chi connectivity index (χ0) is 14.9. The lowest BCUT2D eigenvalue weighted by atomic mass is 9.80. The van der Waals surface area contributed by atoms with E-state index >= 15 is 0 Å². The Hall–Kier alpha value is -1.74. The van der Waals surface area contributed by atoms with Gasteiger partial charge in [-0.15, -0.1) is 11.3 Å². The van der Waals surface area contributed by atoms with E-state index in [4.69, 9.17) is 0 Å². The Morgan fingerprint density at radius 1 is 1.05 bits per heavy atom. The Bertz CT molecular complexity index is 739. The van der Waals surface area contributed by atoms with Crippen molar-refractivity contribution in [2.24, 2.45) is 0 Å². The van der Waals surface area contributed by atoms with Crippen molar-refractivity contribution in [2.45, 2.75) is 39.0 Å². The minimum absolute atomic E-state index is 0.124. The second-order valence-electron chi connectivity index (χ2n) is 6.37. The Labute approximate surface area is 129 Å². The molecule has 0 N–H and O–H groups in total. The molecule has 108 valence electrons. The fraction of sp³-hybridized carbons (Fsp3) is 0.333. The van der Waals surface area contributed by atoms with E-state index in [1.54, 1.807) is 11.3 Å². The van der Waals surface area contributed by atoms with Crippen molar-refractivity contribution >= 4 is 22.1 Å². The maximum atomic E-state index is 4.39. The van der Waals surface area contributed by atoms with Gasteiger partial charge in [0.15, 0.2) is 0 Å². The molecule has 3 heteroatoms. The summed E-state index contributed by atoms with van der Waals surface area (Å²) in [5, 5.41) is 5.81. The zero-order valence-electron chi connectivity index (χ0n) is 12.8. The van der Waals surface area contributed by atoms with Gasteiger partial charge in [0.1, 0.15) is 0 Å². The molecule has 0 saturated heterocycles. The normalized spacial score (nSPS) is 12.0. The van der Waals surface area contributed by atoms with Gasteiger partial charge in [0, 0.05) is 35.8 Å². The van der Waals surface area contributed by atoms with Crippen molar-refractivity contribution < 1.29 is 0 Å². The van der Waals surface area contributed by atoms with Crippen molar-refractivity contribution in [3.8, 4) is 0 Å². The van der Waals surface area contributed by atoms with Gasteiger partial charge in [-0.2, -0.15) is 0 Å². The van der Waals surface area contributed by atoms with E-state index in [0.717, 1.165) is 12.8 Å². The number of hydrogen-bond acceptors (Lipinski definition) is 3. The highest BCUT2D eigenvalue weighted by Crippen LogP contribution is 2.33. The van der Waals surface area contributed by atoms with E-state index in [1.807, 2.05) is 24.0 Å². The quantitative estimate of drug-likeness (QED) is 0.695. The molecule has 0 unspecified atom stereocenters. The summed E-state index contributed by atoms with van der Waals surface area (Å²) in [4.78, 5) is 8.64. The smallest absolute Gasteiger partial charge is 0.0928 e. The number of fused-ring (bicyclic) bond motifs is 1. The summed E-state index contributed by atoms with van der Waals surface area (Å²) in [6.07, 6.45) is 7.78. The van der Waals surface area contributed by atoms with Gasteiger partial charge in [-0.3, -0.25) is 4.98 Å². The molecule has 0 aliphatic carbocycles. The molecule has 0 saturated carbocycles. The maximum absolute atomic E-state index is 4.39. The maximum Gasteiger partial charge on any atom is 0.0928 e. The van der Waals surface area contributed by atoms with E-state index in [0.29, 0.717) is 0 Å². The minimum atomic E-state index is 0.124. The molecule has 0 spiro atoms. The van der Waals surface area contributed by atoms with Gasteiger partial charge in [-0.1, -0.05) is 32.9 Å². The molecular weight excluding hydrogens is 276 g/mol. The number of pyridine rings is 1. The van der Waals surface area contributed by atoms with Crippen molar-refractivity contribution in [3.63, 3.8) is 0 Å². The lowest BCUT2D eigenvalue weighted by Gasteiger charge is -2.25. The van der Waals surface area contributed by atoms with Crippen molar-refractivity contribution in [1.29, 1.82) is 0 Å². The molecule has 2 nitrogen and oxygen atoms in total. The summed E-state index contributed by atoms with van der Waals surface area (Å²) in [5.74, 6) is 0. The highest BCUT2D eigenvalue weighted by atomic mass is 32.1. The predicted molar refractivity (Wildman–Crippen MR) is 90.0 cm³/mol. The number of aryl methyl sites for hydroxylation is 2. The van der Waals surface area contributed by atoms with Gasteiger partial charge in [0.2, 0.25) is 0 Å². The van der Waals surface area contributed by atoms with Crippen LogP contribution in [0.15, 0.2) is 42.2 Å². The Morgan fingerprint density at radius 3 is 2.62 bits per heavy atom. The first kappa shape index (κ1) is 14.2. The van der Waals surface area contributed by atoms with Crippen LogP contribution in [0.25, 0.3) is 10.8 Å². The largest absolute Gasteiger partial charge is 0.264 e. The summed E-state index contributed by atoms with van der Waals surface area (Å²) >= 11 is 1.74. The zero-order valence-corrected chi connectivity index (χ0v) is 13.6. The van der Waals surface area contributed by atoms with Crippen molar-refractivity contribution in [2.75, 3.05) is 0 Å². The molecule has 0 radical (unpaired) electrons. The van der Waals surface area contributed by atoms with Crippen molar-refractivity contribution in [1.82, 2.24) is 9.97 Å². The summed E-state index contributed by atoms with van der Waals surface area (Å²) in [6, 6.07) is 6.59. The van der Waals surface area contributed by atoms with Crippen LogP contribution in [0.2, 0.25) is 0 Å². The summed E-state index contributed by atoms with van der Waals surface area (Å²) < 4.78 is 0. The molecular formula is C18H20N2S. The van der Waals surface area contributed by atoms with Gasteiger partial charge in [0.05, 0.1) is 5.01 Å². The minimum Gasteiger partial charge on any atom is -0.264 e. The molecule has 2 aromatic heterocycles.